The van der Waals surface area contributed by atoms with Crippen LogP contribution in [0, 0.1) is 11.3 Å². The summed E-state index contributed by atoms with van der Waals surface area (Å²) in [6.07, 6.45) is 2.40. The molecule has 1 amide bonds. The number of hydrogen-bond acceptors (Lipinski definition) is 6. The number of aromatic nitrogens is 4. The average molecular weight is 441 g/mol. The third kappa shape index (κ3) is 4.42. The molecule has 0 atom stereocenters. The van der Waals surface area contributed by atoms with E-state index in [1.165, 1.54) is 6.20 Å². The standard InChI is InChI=1S/C24H24N8O/c25-15-18-16-26-32(19-7-2-1-3-8-19)23(18)29-22(33)17-30-11-6-12-31(14-13-30)24-27-20-9-4-5-10-21(20)28-24/h1-5,7-10,16H,6,11-14,17H2,(H,27,28)(H,29,33). The van der Waals surface area contributed by atoms with Gasteiger partial charge in [0, 0.05) is 26.2 Å². The second-order valence-corrected chi connectivity index (χ2v) is 8.01. The van der Waals surface area contributed by atoms with Crippen LogP contribution in [0.3, 0.4) is 0 Å². The Kier molecular flexibility index (Phi) is 5.74. The minimum absolute atomic E-state index is 0.165. The second-order valence-electron chi connectivity index (χ2n) is 8.01. The summed E-state index contributed by atoms with van der Waals surface area (Å²) in [6.45, 7) is 3.45. The highest BCUT2D eigenvalue weighted by molar-refractivity contribution is 5.93. The number of imidazole rings is 1. The Labute approximate surface area is 191 Å². The van der Waals surface area contributed by atoms with Crippen molar-refractivity contribution in [3.8, 4) is 11.8 Å². The Morgan fingerprint density at radius 3 is 2.70 bits per heavy atom. The van der Waals surface area contributed by atoms with Crippen LogP contribution in [0.15, 0.2) is 60.8 Å². The third-order valence-electron chi connectivity index (χ3n) is 5.78. The number of nitriles is 1. The molecule has 166 valence electrons. The van der Waals surface area contributed by atoms with Gasteiger partial charge in [0.15, 0.2) is 5.82 Å². The lowest BCUT2D eigenvalue weighted by Crippen LogP contribution is -2.37. The maximum absolute atomic E-state index is 12.9. The van der Waals surface area contributed by atoms with Crippen LogP contribution in [-0.2, 0) is 4.79 Å². The van der Waals surface area contributed by atoms with Crippen molar-refractivity contribution in [1.82, 2.24) is 24.6 Å². The molecule has 9 heteroatoms. The molecule has 33 heavy (non-hydrogen) atoms. The lowest BCUT2D eigenvalue weighted by Gasteiger charge is -2.21. The quantitative estimate of drug-likeness (QED) is 0.494. The normalized spacial score (nSPS) is 14.7. The minimum Gasteiger partial charge on any atom is -0.341 e. The van der Waals surface area contributed by atoms with E-state index in [9.17, 15) is 10.1 Å². The fraction of sp³-hybridized carbons (Fsp3) is 0.250. The molecule has 0 unspecified atom stereocenters. The highest BCUT2D eigenvalue weighted by Crippen LogP contribution is 2.20. The van der Waals surface area contributed by atoms with Crippen LogP contribution in [0.2, 0.25) is 0 Å². The number of fused-ring (bicyclic) bond motifs is 1. The molecule has 0 aliphatic carbocycles. The topological polar surface area (TPSA) is 106 Å². The number of para-hydroxylation sites is 3. The van der Waals surface area contributed by atoms with E-state index in [4.69, 9.17) is 4.98 Å². The molecular formula is C24H24N8O. The van der Waals surface area contributed by atoms with Crippen LogP contribution in [0.1, 0.15) is 12.0 Å². The van der Waals surface area contributed by atoms with Gasteiger partial charge in [-0.05, 0) is 30.7 Å². The van der Waals surface area contributed by atoms with Crippen LogP contribution in [0.5, 0.6) is 0 Å². The summed E-state index contributed by atoms with van der Waals surface area (Å²) in [5, 5.41) is 16.6. The van der Waals surface area contributed by atoms with Crippen LogP contribution in [-0.4, -0.2) is 63.3 Å². The van der Waals surface area contributed by atoms with Gasteiger partial charge in [-0.3, -0.25) is 9.69 Å². The Bertz CT molecular complexity index is 1270. The molecule has 3 heterocycles. The molecule has 2 aromatic heterocycles. The molecule has 2 aromatic carbocycles. The molecule has 0 saturated carbocycles. The first-order valence-electron chi connectivity index (χ1n) is 11.0. The van der Waals surface area contributed by atoms with Crippen molar-refractivity contribution in [2.24, 2.45) is 0 Å². The summed E-state index contributed by atoms with van der Waals surface area (Å²) in [5.74, 6) is 1.10. The van der Waals surface area contributed by atoms with Crippen molar-refractivity contribution in [1.29, 1.82) is 5.26 Å². The average Bonchev–Trinajstić information content (AvgIpc) is 3.38. The van der Waals surface area contributed by atoms with E-state index in [1.54, 1.807) is 4.68 Å². The lowest BCUT2D eigenvalue weighted by molar-refractivity contribution is -0.117. The number of aromatic amines is 1. The Balaban J connectivity index is 1.24. The summed E-state index contributed by atoms with van der Waals surface area (Å²) in [6, 6.07) is 19.6. The van der Waals surface area contributed by atoms with E-state index in [-0.39, 0.29) is 12.5 Å². The fourth-order valence-corrected chi connectivity index (χ4v) is 4.12. The largest absolute Gasteiger partial charge is 0.341 e. The van der Waals surface area contributed by atoms with Gasteiger partial charge in [-0.15, -0.1) is 0 Å². The predicted molar refractivity (Wildman–Crippen MR) is 126 cm³/mol. The van der Waals surface area contributed by atoms with Crippen molar-refractivity contribution in [2.45, 2.75) is 6.42 Å². The number of H-pyrrole nitrogens is 1. The number of hydrogen-bond donors (Lipinski definition) is 2. The smallest absolute Gasteiger partial charge is 0.239 e. The van der Waals surface area contributed by atoms with Crippen LogP contribution in [0.4, 0.5) is 11.8 Å². The Morgan fingerprint density at radius 1 is 1.06 bits per heavy atom. The maximum Gasteiger partial charge on any atom is 0.239 e. The molecule has 0 radical (unpaired) electrons. The molecule has 5 rings (SSSR count). The van der Waals surface area contributed by atoms with Gasteiger partial charge in [0.25, 0.3) is 0 Å². The zero-order valence-electron chi connectivity index (χ0n) is 18.1. The van der Waals surface area contributed by atoms with Crippen molar-refractivity contribution < 1.29 is 4.79 Å². The molecule has 2 N–H and O–H groups in total. The highest BCUT2D eigenvalue weighted by atomic mass is 16.2. The highest BCUT2D eigenvalue weighted by Gasteiger charge is 2.21. The maximum atomic E-state index is 12.9. The summed E-state index contributed by atoms with van der Waals surface area (Å²) >= 11 is 0. The number of nitrogens with one attached hydrogen (secondary N) is 2. The van der Waals surface area contributed by atoms with Crippen molar-refractivity contribution in [2.75, 3.05) is 42.9 Å². The zero-order chi connectivity index (χ0) is 22.6. The van der Waals surface area contributed by atoms with Gasteiger partial charge in [0.2, 0.25) is 11.9 Å². The molecule has 1 aliphatic rings. The van der Waals surface area contributed by atoms with Crippen molar-refractivity contribution in [3.05, 3.63) is 66.4 Å². The first kappa shape index (κ1) is 20.7. The van der Waals surface area contributed by atoms with Gasteiger partial charge in [-0.1, -0.05) is 30.3 Å². The Hall–Kier alpha value is -4.16. The molecule has 1 fully saturated rings. The summed E-state index contributed by atoms with van der Waals surface area (Å²) in [4.78, 5) is 25.3. The van der Waals surface area contributed by atoms with E-state index < -0.39 is 0 Å². The van der Waals surface area contributed by atoms with Crippen LogP contribution >= 0.6 is 0 Å². The SMILES string of the molecule is N#Cc1cnn(-c2ccccc2)c1NC(=O)CN1CCCN(c2nc3ccccc3[nH]2)CC1. The first-order chi connectivity index (χ1) is 16.2. The number of amides is 1. The van der Waals surface area contributed by atoms with Gasteiger partial charge >= 0.3 is 0 Å². The molecule has 1 aliphatic heterocycles. The van der Waals surface area contributed by atoms with Crippen molar-refractivity contribution in [3.63, 3.8) is 0 Å². The third-order valence-corrected chi connectivity index (χ3v) is 5.78. The second kappa shape index (κ2) is 9.14. The molecule has 4 aromatic rings. The van der Waals surface area contributed by atoms with E-state index in [0.717, 1.165) is 55.3 Å². The van der Waals surface area contributed by atoms with Gasteiger partial charge in [-0.25, -0.2) is 9.67 Å². The number of carbonyl (C=O) groups excluding carboxylic acids is 1. The summed E-state index contributed by atoms with van der Waals surface area (Å²) < 4.78 is 1.59. The number of nitrogens with zero attached hydrogens (tertiary/aromatic N) is 6. The molecule has 9 nitrogen and oxygen atoms in total. The zero-order valence-corrected chi connectivity index (χ0v) is 18.1. The number of benzene rings is 2. The summed E-state index contributed by atoms with van der Waals surface area (Å²) in [7, 11) is 0. The predicted octanol–water partition coefficient (Wildman–Crippen LogP) is 2.77. The lowest BCUT2D eigenvalue weighted by atomic mass is 10.3. The van der Waals surface area contributed by atoms with Gasteiger partial charge < -0.3 is 15.2 Å². The minimum atomic E-state index is -0.165. The molecule has 0 spiro atoms. The molecule has 0 bridgehead atoms. The van der Waals surface area contributed by atoms with Gasteiger partial charge in [0.1, 0.15) is 11.6 Å². The van der Waals surface area contributed by atoms with E-state index in [1.807, 2.05) is 54.6 Å². The van der Waals surface area contributed by atoms with Gasteiger partial charge in [-0.2, -0.15) is 10.4 Å². The van der Waals surface area contributed by atoms with Crippen LogP contribution < -0.4 is 10.2 Å². The van der Waals surface area contributed by atoms with Crippen molar-refractivity contribution >= 4 is 28.7 Å². The first-order valence-corrected chi connectivity index (χ1v) is 11.0. The summed E-state index contributed by atoms with van der Waals surface area (Å²) in [5.41, 5.74) is 3.09. The van der Waals surface area contributed by atoms with E-state index >= 15 is 0 Å². The van der Waals surface area contributed by atoms with E-state index in [2.05, 4.69) is 31.3 Å². The number of anilines is 2. The Morgan fingerprint density at radius 2 is 1.88 bits per heavy atom. The molecular weight excluding hydrogens is 416 g/mol. The molecule has 1 saturated heterocycles. The van der Waals surface area contributed by atoms with Gasteiger partial charge in [0.05, 0.1) is 29.5 Å². The van der Waals surface area contributed by atoms with Crippen LogP contribution in [0.25, 0.3) is 16.7 Å². The van der Waals surface area contributed by atoms with E-state index in [0.29, 0.717) is 11.4 Å². The fourth-order valence-electron chi connectivity index (χ4n) is 4.12. The monoisotopic (exact) mass is 440 g/mol. The number of rotatable bonds is 5. The number of carbonyl (C=O) groups is 1.